The van der Waals surface area contributed by atoms with Crippen LogP contribution in [0, 0.1) is 17.0 Å². The quantitative estimate of drug-likeness (QED) is 0.651. The molecule has 0 saturated carbocycles. The van der Waals surface area contributed by atoms with Gasteiger partial charge in [0.2, 0.25) is 5.95 Å². The normalized spacial score (nSPS) is 10.2. The summed E-state index contributed by atoms with van der Waals surface area (Å²) in [4.78, 5) is 18.4. The summed E-state index contributed by atoms with van der Waals surface area (Å²) in [5, 5.41) is 13.9. The van der Waals surface area contributed by atoms with E-state index in [1.54, 1.807) is 12.1 Å². The number of nitrogens with zero attached hydrogens (tertiary/aromatic N) is 3. The molecule has 0 unspecified atom stereocenters. The fraction of sp³-hybridized carbons (Fsp3) is 0.231. The lowest BCUT2D eigenvalue weighted by Gasteiger charge is -2.08. The molecule has 0 aliphatic rings. The summed E-state index contributed by atoms with van der Waals surface area (Å²) in [5.74, 6) is 0.666. The largest absolute Gasteiger partial charge is 0.434 e. The smallest absolute Gasteiger partial charge is 0.349 e. The van der Waals surface area contributed by atoms with Crippen LogP contribution in [0.4, 0.5) is 11.6 Å². The van der Waals surface area contributed by atoms with E-state index >= 15 is 0 Å². The van der Waals surface area contributed by atoms with Crippen molar-refractivity contribution in [3.05, 3.63) is 44.5 Å². The summed E-state index contributed by atoms with van der Waals surface area (Å²) < 4.78 is 6.47. The maximum Gasteiger partial charge on any atom is 0.349 e. The first kappa shape index (κ1) is 15.2. The van der Waals surface area contributed by atoms with Gasteiger partial charge in [0.25, 0.3) is 0 Å². The average Bonchev–Trinajstić information content (AvgIpc) is 2.43. The Balaban J connectivity index is 2.37. The zero-order chi connectivity index (χ0) is 15.4. The number of hydrogen-bond donors (Lipinski definition) is 1. The van der Waals surface area contributed by atoms with Crippen LogP contribution < -0.4 is 10.1 Å². The number of nitro groups is 1. The second-order valence-corrected chi connectivity index (χ2v) is 5.04. The van der Waals surface area contributed by atoms with Crippen molar-refractivity contribution in [2.24, 2.45) is 0 Å². The van der Waals surface area contributed by atoms with Gasteiger partial charge in [-0.25, -0.2) is 4.98 Å². The van der Waals surface area contributed by atoms with Crippen molar-refractivity contribution < 1.29 is 9.66 Å². The van der Waals surface area contributed by atoms with E-state index in [0.29, 0.717) is 12.3 Å². The van der Waals surface area contributed by atoms with Crippen LogP contribution in [0.3, 0.4) is 0 Å². The van der Waals surface area contributed by atoms with Gasteiger partial charge in [0.05, 0.1) is 4.92 Å². The SMILES string of the molecule is CCNc1ncc([N+](=O)[O-])c(Oc2ccc(Br)c(C)c2)n1. The van der Waals surface area contributed by atoms with Crippen molar-refractivity contribution in [1.82, 2.24) is 9.97 Å². The molecule has 0 atom stereocenters. The monoisotopic (exact) mass is 352 g/mol. The molecular formula is C13H13BrN4O3. The molecule has 2 aromatic rings. The fourth-order valence-corrected chi connectivity index (χ4v) is 1.84. The Morgan fingerprint density at radius 1 is 1.48 bits per heavy atom. The molecule has 0 radical (unpaired) electrons. The van der Waals surface area contributed by atoms with E-state index < -0.39 is 4.92 Å². The molecule has 0 bridgehead atoms. The maximum absolute atomic E-state index is 11.0. The Bertz CT molecular complexity index is 678. The number of ether oxygens (including phenoxy) is 1. The van der Waals surface area contributed by atoms with Gasteiger partial charge in [0.1, 0.15) is 11.9 Å². The lowest BCUT2D eigenvalue weighted by Crippen LogP contribution is -2.05. The summed E-state index contributed by atoms with van der Waals surface area (Å²) in [7, 11) is 0. The van der Waals surface area contributed by atoms with E-state index in [2.05, 4.69) is 31.2 Å². The van der Waals surface area contributed by atoms with Gasteiger partial charge in [0.15, 0.2) is 0 Å². The maximum atomic E-state index is 11.0. The lowest BCUT2D eigenvalue weighted by atomic mass is 10.2. The molecule has 0 aliphatic carbocycles. The lowest BCUT2D eigenvalue weighted by molar-refractivity contribution is -0.386. The van der Waals surface area contributed by atoms with E-state index in [9.17, 15) is 10.1 Å². The molecular weight excluding hydrogens is 340 g/mol. The molecule has 1 heterocycles. The van der Waals surface area contributed by atoms with E-state index in [1.165, 1.54) is 0 Å². The molecule has 1 aromatic carbocycles. The summed E-state index contributed by atoms with van der Waals surface area (Å²) in [6.45, 7) is 4.38. The van der Waals surface area contributed by atoms with Crippen LogP contribution in [0.15, 0.2) is 28.9 Å². The number of halogens is 1. The summed E-state index contributed by atoms with van der Waals surface area (Å²) in [6.07, 6.45) is 1.13. The Kier molecular flexibility index (Phi) is 4.69. The topological polar surface area (TPSA) is 90.2 Å². The number of rotatable bonds is 5. The van der Waals surface area contributed by atoms with Gasteiger partial charge >= 0.3 is 11.6 Å². The van der Waals surface area contributed by atoms with Crippen molar-refractivity contribution >= 4 is 27.6 Å². The van der Waals surface area contributed by atoms with Gasteiger partial charge in [-0.1, -0.05) is 15.9 Å². The molecule has 21 heavy (non-hydrogen) atoms. The number of aryl methyl sites for hydroxylation is 1. The molecule has 110 valence electrons. The third-order valence-corrected chi connectivity index (χ3v) is 3.50. The number of nitrogens with one attached hydrogen (secondary N) is 1. The molecule has 1 aromatic heterocycles. The number of hydrogen-bond acceptors (Lipinski definition) is 6. The third-order valence-electron chi connectivity index (χ3n) is 2.61. The van der Waals surface area contributed by atoms with Gasteiger partial charge in [-0.2, -0.15) is 4.98 Å². The van der Waals surface area contributed by atoms with Crippen LogP contribution in [-0.4, -0.2) is 21.4 Å². The van der Waals surface area contributed by atoms with Gasteiger partial charge in [-0.3, -0.25) is 10.1 Å². The molecule has 1 N–H and O–H groups in total. The highest BCUT2D eigenvalue weighted by molar-refractivity contribution is 9.10. The number of aromatic nitrogens is 2. The van der Waals surface area contributed by atoms with Gasteiger partial charge in [-0.05, 0) is 37.6 Å². The molecule has 2 rings (SSSR count). The van der Waals surface area contributed by atoms with Gasteiger partial charge < -0.3 is 10.1 Å². The van der Waals surface area contributed by atoms with Crippen LogP contribution in [-0.2, 0) is 0 Å². The first-order chi connectivity index (χ1) is 10.0. The molecule has 0 fully saturated rings. The Hall–Kier alpha value is -2.22. The highest BCUT2D eigenvalue weighted by atomic mass is 79.9. The Morgan fingerprint density at radius 2 is 2.24 bits per heavy atom. The van der Waals surface area contributed by atoms with Crippen LogP contribution in [0.2, 0.25) is 0 Å². The second-order valence-electron chi connectivity index (χ2n) is 4.18. The van der Waals surface area contributed by atoms with E-state index in [0.717, 1.165) is 16.2 Å². The third kappa shape index (κ3) is 3.66. The first-order valence-corrected chi connectivity index (χ1v) is 7.00. The molecule has 0 amide bonds. The van der Waals surface area contributed by atoms with Gasteiger partial charge in [0, 0.05) is 11.0 Å². The van der Waals surface area contributed by atoms with E-state index in [4.69, 9.17) is 4.74 Å². The highest BCUT2D eigenvalue weighted by Gasteiger charge is 2.19. The number of benzene rings is 1. The van der Waals surface area contributed by atoms with Crippen LogP contribution >= 0.6 is 15.9 Å². The van der Waals surface area contributed by atoms with Gasteiger partial charge in [-0.15, -0.1) is 0 Å². The number of anilines is 1. The Labute approximate surface area is 129 Å². The standard InChI is InChI=1S/C13H13BrN4O3/c1-3-15-13-16-7-11(18(19)20)12(17-13)21-9-4-5-10(14)8(2)6-9/h4-7H,3H2,1-2H3,(H,15,16,17). The highest BCUT2D eigenvalue weighted by Crippen LogP contribution is 2.31. The van der Waals surface area contributed by atoms with Crippen molar-refractivity contribution in [3.8, 4) is 11.6 Å². The summed E-state index contributed by atoms with van der Waals surface area (Å²) >= 11 is 3.39. The molecule has 0 spiro atoms. The molecule has 0 aliphatic heterocycles. The molecule has 0 saturated heterocycles. The molecule has 7 nitrogen and oxygen atoms in total. The van der Waals surface area contributed by atoms with Crippen molar-refractivity contribution in [1.29, 1.82) is 0 Å². The summed E-state index contributed by atoms with van der Waals surface area (Å²) in [5.41, 5.74) is 0.674. The predicted octanol–water partition coefficient (Wildman–Crippen LogP) is 3.68. The minimum Gasteiger partial charge on any atom is -0.434 e. The van der Waals surface area contributed by atoms with E-state index in [1.807, 2.05) is 19.9 Å². The first-order valence-electron chi connectivity index (χ1n) is 6.20. The zero-order valence-corrected chi connectivity index (χ0v) is 13.0. The summed E-state index contributed by atoms with van der Waals surface area (Å²) in [6, 6.07) is 5.28. The second kappa shape index (κ2) is 6.49. The van der Waals surface area contributed by atoms with Crippen LogP contribution in [0.1, 0.15) is 12.5 Å². The van der Waals surface area contributed by atoms with Crippen molar-refractivity contribution in [3.63, 3.8) is 0 Å². The van der Waals surface area contributed by atoms with E-state index in [-0.39, 0.29) is 17.5 Å². The fourth-order valence-electron chi connectivity index (χ4n) is 1.60. The zero-order valence-electron chi connectivity index (χ0n) is 11.5. The minimum absolute atomic E-state index is 0.0901. The van der Waals surface area contributed by atoms with Crippen molar-refractivity contribution in [2.45, 2.75) is 13.8 Å². The molecule has 8 heteroatoms. The average molecular weight is 353 g/mol. The van der Waals surface area contributed by atoms with Crippen LogP contribution in [0.5, 0.6) is 11.6 Å². The van der Waals surface area contributed by atoms with Crippen molar-refractivity contribution in [2.75, 3.05) is 11.9 Å². The predicted molar refractivity (Wildman–Crippen MR) is 81.8 cm³/mol. The van der Waals surface area contributed by atoms with Crippen LogP contribution in [0.25, 0.3) is 0 Å². The minimum atomic E-state index is -0.573. The Morgan fingerprint density at radius 3 is 2.86 bits per heavy atom.